The maximum Gasteiger partial charge on any atom is 0.303 e. The van der Waals surface area contributed by atoms with Gasteiger partial charge in [-0.25, -0.2) is 15.3 Å². The van der Waals surface area contributed by atoms with E-state index >= 15 is 0 Å². The molecule has 0 aliphatic carbocycles. The molecule has 2 aromatic rings. The summed E-state index contributed by atoms with van der Waals surface area (Å²) in [5.41, 5.74) is 1.05. The first-order valence-corrected chi connectivity index (χ1v) is 6.71. The molecule has 108 valence electrons. The summed E-state index contributed by atoms with van der Waals surface area (Å²) < 4.78 is 5.50. The molecule has 1 aromatic heterocycles. The Bertz CT molecular complexity index is 627. The Morgan fingerprint density at radius 2 is 2.24 bits per heavy atom. The maximum absolute atomic E-state index is 8.72. The molecule has 0 aliphatic rings. The number of benzene rings is 1. The third-order valence-electron chi connectivity index (χ3n) is 2.70. The summed E-state index contributed by atoms with van der Waals surface area (Å²) in [6.07, 6.45) is 5.26. The number of imidazole rings is 1. The van der Waals surface area contributed by atoms with Crippen molar-refractivity contribution in [3.63, 3.8) is 0 Å². The highest BCUT2D eigenvalue weighted by molar-refractivity contribution is 5.77. The minimum Gasteiger partial charge on any atom is -0.425 e. The first-order chi connectivity index (χ1) is 10.3. The number of H-pyrrole nitrogens is 1. The molecule has 0 spiro atoms. The summed E-state index contributed by atoms with van der Waals surface area (Å²) >= 11 is 0. The zero-order valence-corrected chi connectivity index (χ0v) is 11.8. The quantitative estimate of drug-likeness (QED) is 0.289. The number of aromatic amines is 1. The van der Waals surface area contributed by atoms with Crippen LogP contribution in [0.3, 0.4) is 0 Å². The van der Waals surface area contributed by atoms with Gasteiger partial charge >= 0.3 is 6.02 Å². The molecule has 0 unspecified atom stereocenters. The third-order valence-corrected chi connectivity index (χ3v) is 2.70. The Balaban J connectivity index is 1.84. The lowest BCUT2D eigenvalue weighted by Gasteiger charge is -2.06. The molecular weight excluding hydrogens is 266 g/mol. The van der Waals surface area contributed by atoms with Crippen LogP contribution in [0.25, 0.3) is 0 Å². The molecule has 21 heavy (non-hydrogen) atoms. The van der Waals surface area contributed by atoms with Crippen molar-refractivity contribution in [2.45, 2.75) is 19.8 Å². The standard InChI is InChI=1S/C15H17N5O/c1-12-10-18-14(20-12)8-5-9-17-15(19-11-16)21-13-6-3-2-4-7-13/h2-4,6-7,10H,5,8-9H2,1H3,(H,17,19)(H,18,20). The van der Waals surface area contributed by atoms with Gasteiger partial charge in [0, 0.05) is 24.9 Å². The van der Waals surface area contributed by atoms with Crippen LogP contribution in [0.4, 0.5) is 0 Å². The van der Waals surface area contributed by atoms with Crippen LogP contribution in [0, 0.1) is 18.4 Å². The topological polar surface area (TPSA) is 86.1 Å². The number of rotatable bonds is 5. The second kappa shape index (κ2) is 7.70. The Morgan fingerprint density at radius 3 is 2.90 bits per heavy atom. The van der Waals surface area contributed by atoms with Gasteiger partial charge in [0.25, 0.3) is 0 Å². The third kappa shape index (κ3) is 4.99. The molecule has 1 heterocycles. The number of amidine groups is 1. The average molecular weight is 283 g/mol. The second-order valence-corrected chi connectivity index (χ2v) is 4.46. The Morgan fingerprint density at radius 1 is 1.43 bits per heavy atom. The van der Waals surface area contributed by atoms with E-state index in [4.69, 9.17) is 10.00 Å². The molecule has 2 rings (SSSR count). The number of nitriles is 1. The number of para-hydroxylation sites is 1. The molecule has 6 nitrogen and oxygen atoms in total. The maximum atomic E-state index is 8.72. The van der Waals surface area contributed by atoms with E-state index in [1.165, 1.54) is 0 Å². The summed E-state index contributed by atoms with van der Waals surface area (Å²) in [7, 11) is 0. The zero-order chi connectivity index (χ0) is 14.9. The van der Waals surface area contributed by atoms with E-state index in [2.05, 4.69) is 20.3 Å². The fourth-order valence-corrected chi connectivity index (χ4v) is 1.77. The molecule has 0 aliphatic heterocycles. The number of aliphatic imine (C=N–C) groups is 1. The lowest BCUT2D eigenvalue weighted by atomic mass is 10.3. The number of nitrogens with zero attached hydrogens (tertiary/aromatic N) is 3. The van der Waals surface area contributed by atoms with Crippen molar-refractivity contribution in [3.05, 3.63) is 48.0 Å². The molecular formula is C15H17N5O. The fourth-order valence-electron chi connectivity index (χ4n) is 1.77. The normalized spacial score (nSPS) is 11.0. The van der Waals surface area contributed by atoms with Gasteiger partial charge in [0.1, 0.15) is 11.6 Å². The van der Waals surface area contributed by atoms with Gasteiger partial charge in [0.15, 0.2) is 6.19 Å². The largest absolute Gasteiger partial charge is 0.425 e. The number of nitrogens with one attached hydrogen (secondary N) is 2. The van der Waals surface area contributed by atoms with E-state index < -0.39 is 0 Å². The number of aryl methyl sites for hydroxylation is 2. The predicted molar refractivity (Wildman–Crippen MR) is 79.8 cm³/mol. The molecule has 0 bridgehead atoms. The van der Waals surface area contributed by atoms with Crippen molar-refractivity contribution in [1.29, 1.82) is 5.26 Å². The van der Waals surface area contributed by atoms with Crippen LogP contribution in [0.1, 0.15) is 17.9 Å². The monoisotopic (exact) mass is 283 g/mol. The molecule has 0 radical (unpaired) electrons. The highest BCUT2D eigenvalue weighted by Crippen LogP contribution is 2.08. The van der Waals surface area contributed by atoms with Crippen molar-refractivity contribution in [2.24, 2.45) is 4.99 Å². The minimum absolute atomic E-state index is 0.208. The van der Waals surface area contributed by atoms with Gasteiger partial charge in [-0.15, -0.1) is 0 Å². The average Bonchev–Trinajstić information content (AvgIpc) is 2.90. The van der Waals surface area contributed by atoms with Gasteiger partial charge in [0.05, 0.1) is 0 Å². The van der Waals surface area contributed by atoms with Crippen LogP contribution in [0.5, 0.6) is 5.75 Å². The second-order valence-electron chi connectivity index (χ2n) is 4.46. The molecule has 1 aromatic carbocycles. The van der Waals surface area contributed by atoms with Crippen LogP contribution in [0.2, 0.25) is 0 Å². The Hall–Kier alpha value is -2.81. The van der Waals surface area contributed by atoms with Crippen molar-refractivity contribution in [2.75, 3.05) is 6.54 Å². The molecule has 0 saturated carbocycles. The number of ether oxygens (including phenoxy) is 1. The van der Waals surface area contributed by atoms with Gasteiger partial charge in [0.2, 0.25) is 0 Å². The predicted octanol–water partition coefficient (Wildman–Crippen LogP) is 2.16. The molecule has 0 atom stereocenters. The van der Waals surface area contributed by atoms with E-state index in [9.17, 15) is 0 Å². The van der Waals surface area contributed by atoms with Crippen molar-refractivity contribution < 1.29 is 4.74 Å². The van der Waals surface area contributed by atoms with Gasteiger partial charge in [-0.1, -0.05) is 18.2 Å². The fraction of sp³-hybridized carbons (Fsp3) is 0.267. The minimum atomic E-state index is 0.208. The first-order valence-electron chi connectivity index (χ1n) is 6.71. The van der Waals surface area contributed by atoms with Crippen molar-refractivity contribution in [1.82, 2.24) is 15.3 Å². The summed E-state index contributed by atoms with van der Waals surface area (Å²) in [6.45, 7) is 2.52. The van der Waals surface area contributed by atoms with Crippen molar-refractivity contribution in [3.8, 4) is 11.9 Å². The molecule has 0 fully saturated rings. The summed E-state index contributed by atoms with van der Waals surface area (Å²) in [6, 6.07) is 9.43. The van der Waals surface area contributed by atoms with Crippen LogP contribution >= 0.6 is 0 Å². The zero-order valence-electron chi connectivity index (χ0n) is 11.8. The number of hydrogen-bond donors (Lipinski definition) is 2. The lowest BCUT2D eigenvalue weighted by Crippen LogP contribution is -2.24. The van der Waals surface area contributed by atoms with Crippen LogP contribution in [-0.4, -0.2) is 22.5 Å². The van der Waals surface area contributed by atoms with E-state index in [1.54, 1.807) is 18.3 Å². The molecule has 0 saturated heterocycles. The number of hydrogen-bond acceptors (Lipinski definition) is 4. The summed E-state index contributed by atoms with van der Waals surface area (Å²) in [5, 5.41) is 11.2. The highest BCUT2D eigenvalue weighted by atomic mass is 16.5. The summed E-state index contributed by atoms with van der Waals surface area (Å²) in [4.78, 5) is 11.7. The van der Waals surface area contributed by atoms with Gasteiger partial charge in [-0.05, 0) is 25.5 Å². The molecule has 6 heteroatoms. The molecule has 0 amide bonds. The SMILES string of the molecule is Cc1cnc(CCCN=C(NC#N)Oc2ccccc2)[nH]1. The lowest BCUT2D eigenvalue weighted by molar-refractivity contribution is 0.525. The van der Waals surface area contributed by atoms with Gasteiger partial charge in [-0.2, -0.15) is 5.26 Å². The Labute approximate surface area is 123 Å². The van der Waals surface area contributed by atoms with Gasteiger partial charge in [-0.3, -0.25) is 0 Å². The first kappa shape index (κ1) is 14.6. The molecule has 2 N–H and O–H groups in total. The van der Waals surface area contributed by atoms with Crippen LogP contribution in [-0.2, 0) is 6.42 Å². The van der Waals surface area contributed by atoms with Crippen molar-refractivity contribution >= 4 is 6.02 Å². The highest BCUT2D eigenvalue weighted by Gasteiger charge is 2.02. The van der Waals surface area contributed by atoms with E-state index in [0.717, 1.165) is 24.4 Å². The van der Waals surface area contributed by atoms with E-state index in [0.29, 0.717) is 12.3 Å². The van der Waals surface area contributed by atoms with E-state index in [1.807, 2.05) is 31.3 Å². The Kier molecular flexibility index (Phi) is 5.35. The summed E-state index contributed by atoms with van der Waals surface area (Å²) in [5.74, 6) is 1.59. The van der Waals surface area contributed by atoms with Crippen LogP contribution < -0.4 is 10.1 Å². The smallest absolute Gasteiger partial charge is 0.303 e. The van der Waals surface area contributed by atoms with Gasteiger partial charge < -0.3 is 9.72 Å². The number of aromatic nitrogens is 2. The van der Waals surface area contributed by atoms with E-state index in [-0.39, 0.29) is 6.02 Å². The van der Waals surface area contributed by atoms with Crippen LogP contribution in [0.15, 0.2) is 41.5 Å².